The van der Waals surface area contributed by atoms with Gasteiger partial charge in [-0.2, -0.15) is 5.10 Å². The van der Waals surface area contributed by atoms with Crippen molar-refractivity contribution in [2.75, 3.05) is 18.4 Å². The van der Waals surface area contributed by atoms with E-state index in [1.165, 1.54) is 0 Å². The van der Waals surface area contributed by atoms with Gasteiger partial charge < -0.3 is 16.0 Å². The van der Waals surface area contributed by atoms with Crippen molar-refractivity contribution in [3.8, 4) is 0 Å². The van der Waals surface area contributed by atoms with Crippen molar-refractivity contribution >= 4 is 29.9 Å². The second-order valence-electron chi connectivity index (χ2n) is 7.29. The first-order valence-corrected chi connectivity index (χ1v) is 9.43. The Labute approximate surface area is 171 Å². The van der Waals surface area contributed by atoms with Gasteiger partial charge in [-0.05, 0) is 70.0 Å². The molecule has 3 N–H and O–H groups in total. The van der Waals surface area contributed by atoms with E-state index in [0.717, 1.165) is 31.5 Å². The number of carbonyl (C=O) groups is 2. The van der Waals surface area contributed by atoms with E-state index in [0.29, 0.717) is 23.0 Å². The molecule has 0 spiro atoms. The van der Waals surface area contributed by atoms with Gasteiger partial charge in [-0.1, -0.05) is 0 Å². The zero-order valence-electron chi connectivity index (χ0n) is 16.5. The Bertz CT molecular complexity index is 828. The lowest BCUT2D eigenvalue weighted by molar-refractivity contribution is 0.0942. The molecule has 1 aliphatic heterocycles. The van der Waals surface area contributed by atoms with Crippen LogP contribution in [0.15, 0.2) is 30.5 Å². The number of benzene rings is 1. The summed E-state index contributed by atoms with van der Waals surface area (Å²) in [6.45, 7) is 7.62. The van der Waals surface area contributed by atoms with E-state index in [2.05, 4.69) is 21.0 Å². The number of carbonyl (C=O) groups excluding carboxylic acids is 2. The van der Waals surface area contributed by atoms with E-state index in [9.17, 15) is 9.59 Å². The molecule has 0 bridgehead atoms. The van der Waals surface area contributed by atoms with E-state index < -0.39 is 0 Å². The van der Waals surface area contributed by atoms with Crippen LogP contribution < -0.4 is 16.0 Å². The molecule has 1 saturated heterocycles. The number of rotatable bonds is 5. The van der Waals surface area contributed by atoms with Gasteiger partial charge in [0.25, 0.3) is 11.8 Å². The van der Waals surface area contributed by atoms with Crippen LogP contribution in [0.3, 0.4) is 0 Å². The second-order valence-corrected chi connectivity index (χ2v) is 7.29. The van der Waals surface area contributed by atoms with Crippen LogP contribution in [0.1, 0.15) is 59.1 Å². The van der Waals surface area contributed by atoms with Crippen molar-refractivity contribution in [2.45, 2.75) is 45.7 Å². The van der Waals surface area contributed by atoms with Crippen LogP contribution in [-0.2, 0) is 0 Å². The molecule has 3 rings (SSSR count). The summed E-state index contributed by atoms with van der Waals surface area (Å²) >= 11 is 0. The van der Waals surface area contributed by atoms with Gasteiger partial charge in [-0.3, -0.25) is 14.3 Å². The van der Waals surface area contributed by atoms with Crippen molar-refractivity contribution in [2.24, 2.45) is 0 Å². The fourth-order valence-corrected chi connectivity index (χ4v) is 3.20. The maximum atomic E-state index is 12.5. The number of hydrogen-bond donors (Lipinski definition) is 3. The predicted octanol–water partition coefficient (Wildman–Crippen LogP) is 2.93. The van der Waals surface area contributed by atoms with Gasteiger partial charge in [0.15, 0.2) is 5.69 Å². The fraction of sp³-hybridized carbons (Fsp3) is 0.450. The molecule has 0 aliphatic carbocycles. The summed E-state index contributed by atoms with van der Waals surface area (Å²) in [4.78, 5) is 24.6. The molecule has 1 aromatic heterocycles. The molecule has 8 heteroatoms. The summed E-state index contributed by atoms with van der Waals surface area (Å²) in [5, 5.41) is 13.5. The van der Waals surface area contributed by atoms with Gasteiger partial charge in [0, 0.05) is 30.0 Å². The van der Waals surface area contributed by atoms with Crippen LogP contribution >= 0.6 is 12.4 Å². The minimum absolute atomic E-state index is 0. The summed E-state index contributed by atoms with van der Waals surface area (Å²) < 4.78 is 1.87. The van der Waals surface area contributed by atoms with Crippen LogP contribution in [0.4, 0.5) is 5.69 Å². The summed E-state index contributed by atoms with van der Waals surface area (Å²) in [6.07, 6.45) is 4.04. The molecular formula is C20H28ClN5O2. The maximum Gasteiger partial charge on any atom is 0.276 e. The lowest BCUT2D eigenvalue weighted by Crippen LogP contribution is -2.32. The zero-order valence-corrected chi connectivity index (χ0v) is 17.3. The minimum Gasteiger partial charge on any atom is -0.350 e. The molecule has 1 aliphatic rings. The topological polar surface area (TPSA) is 88.0 Å². The lowest BCUT2D eigenvalue weighted by Gasteiger charge is -2.22. The largest absolute Gasteiger partial charge is 0.350 e. The van der Waals surface area contributed by atoms with E-state index in [1.54, 1.807) is 24.3 Å². The Morgan fingerprint density at radius 2 is 2.04 bits per heavy atom. The molecule has 1 atom stereocenters. The average molecular weight is 406 g/mol. The van der Waals surface area contributed by atoms with E-state index in [-0.39, 0.29) is 30.3 Å². The monoisotopic (exact) mass is 405 g/mol. The number of aromatic nitrogens is 2. The number of halogens is 1. The van der Waals surface area contributed by atoms with Crippen molar-refractivity contribution in [3.05, 3.63) is 47.3 Å². The predicted molar refractivity (Wildman–Crippen MR) is 112 cm³/mol. The molecule has 0 saturated carbocycles. The Morgan fingerprint density at radius 3 is 2.68 bits per heavy atom. The Kier molecular flexibility index (Phi) is 7.60. The average Bonchev–Trinajstić information content (AvgIpc) is 3.14. The highest BCUT2D eigenvalue weighted by atomic mass is 35.5. The Morgan fingerprint density at radius 1 is 1.25 bits per heavy atom. The van der Waals surface area contributed by atoms with Gasteiger partial charge in [0.2, 0.25) is 0 Å². The molecule has 152 valence electrons. The Hall–Kier alpha value is -2.38. The Balaban J connectivity index is 0.00000280. The molecule has 1 unspecified atom stereocenters. The molecule has 2 heterocycles. The summed E-state index contributed by atoms with van der Waals surface area (Å²) in [5.41, 5.74) is 2.47. The summed E-state index contributed by atoms with van der Waals surface area (Å²) in [7, 11) is 0. The highest BCUT2D eigenvalue weighted by Gasteiger charge is 2.18. The van der Waals surface area contributed by atoms with Gasteiger partial charge in [0.05, 0.1) is 6.04 Å². The SMILES string of the molecule is Cc1cc(C(=O)NC(C)C)ccc1NC(=O)c1ccn(C2CCCNC2)n1.Cl. The highest BCUT2D eigenvalue weighted by Crippen LogP contribution is 2.19. The van der Waals surface area contributed by atoms with Gasteiger partial charge in [-0.15, -0.1) is 12.4 Å². The van der Waals surface area contributed by atoms with Gasteiger partial charge in [0.1, 0.15) is 0 Å². The van der Waals surface area contributed by atoms with Crippen molar-refractivity contribution in [1.82, 2.24) is 20.4 Å². The molecule has 2 amide bonds. The molecule has 0 radical (unpaired) electrons. The van der Waals surface area contributed by atoms with Crippen molar-refractivity contribution < 1.29 is 9.59 Å². The maximum absolute atomic E-state index is 12.5. The second kappa shape index (κ2) is 9.71. The molecular weight excluding hydrogens is 378 g/mol. The first kappa shape index (κ1) is 21.9. The first-order valence-electron chi connectivity index (χ1n) is 9.43. The fourth-order valence-electron chi connectivity index (χ4n) is 3.20. The molecule has 1 aromatic carbocycles. The molecule has 2 aromatic rings. The quantitative estimate of drug-likeness (QED) is 0.713. The lowest BCUT2D eigenvalue weighted by atomic mass is 10.1. The zero-order chi connectivity index (χ0) is 19.4. The van der Waals surface area contributed by atoms with E-state index in [1.807, 2.05) is 31.6 Å². The minimum atomic E-state index is -0.250. The van der Waals surface area contributed by atoms with E-state index in [4.69, 9.17) is 0 Å². The summed E-state index contributed by atoms with van der Waals surface area (Å²) in [6, 6.07) is 7.35. The molecule has 28 heavy (non-hydrogen) atoms. The number of aryl methyl sites for hydroxylation is 1. The van der Waals surface area contributed by atoms with Crippen LogP contribution in [0, 0.1) is 6.92 Å². The number of piperidine rings is 1. The standard InChI is InChI=1S/C20H27N5O2.ClH/c1-13(2)22-19(26)15-6-7-17(14(3)11-15)23-20(27)18-8-10-25(24-18)16-5-4-9-21-12-16;/h6-8,10-11,13,16,21H,4-5,9,12H2,1-3H3,(H,22,26)(H,23,27);1H. The van der Waals surface area contributed by atoms with Crippen LogP contribution in [0.25, 0.3) is 0 Å². The number of nitrogens with one attached hydrogen (secondary N) is 3. The summed E-state index contributed by atoms with van der Waals surface area (Å²) in [5.74, 6) is -0.370. The number of hydrogen-bond acceptors (Lipinski definition) is 4. The normalized spacial score (nSPS) is 16.4. The first-order chi connectivity index (χ1) is 12.9. The van der Waals surface area contributed by atoms with Crippen LogP contribution in [0.5, 0.6) is 0 Å². The van der Waals surface area contributed by atoms with Crippen LogP contribution in [0.2, 0.25) is 0 Å². The van der Waals surface area contributed by atoms with Gasteiger partial charge >= 0.3 is 0 Å². The number of nitrogens with zero attached hydrogens (tertiary/aromatic N) is 2. The third-order valence-electron chi connectivity index (χ3n) is 4.64. The third-order valence-corrected chi connectivity index (χ3v) is 4.64. The van der Waals surface area contributed by atoms with Crippen molar-refractivity contribution in [1.29, 1.82) is 0 Å². The van der Waals surface area contributed by atoms with Gasteiger partial charge in [-0.25, -0.2) is 0 Å². The van der Waals surface area contributed by atoms with Crippen LogP contribution in [-0.4, -0.2) is 40.7 Å². The smallest absolute Gasteiger partial charge is 0.276 e. The van der Waals surface area contributed by atoms with Crippen molar-refractivity contribution in [3.63, 3.8) is 0 Å². The number of amides is 2. The molecule has 1 fully saturated rings. The third kappa shape index (κ3) is 5.33. The molecule has 7 nitrogen and oxygen atoms in total. The van der Waals surface area contributed by atoms with E-state index >= 15 is 0 Å². The number of anilines is 1. The highest BCUT2D eigenvalue weighted by molar-refractivity contribution is 6.03.